The second-order valence-corrected chi connectivity index (χ2v) is 4.26. The fourth-order valence-corrected chi connectivity index (χ4v) is 1.73. The maximum absolute atomic E-state index is 5.88. The second-order valence-electron chi connectivity index (χ2n) is 4.26. The predicted octanol–water partition coefficient (Wildman–Crippen LogP) is 2.87. The van der Waals surface area contributed by atoms with E-state index in [1.807, 2.05) is 32.0 Å². The number of hydrogen-bond donors (Lipinski definition) is 2. The van der Waals surface area contributed by atoms with Gasteiger partial charge < -0.3 is 25.3 Å². The minimum atomic E-state index is 0. The van der Waals surface area contributed by atoms with E-state index in [2.05, 4.69) is 10.3 Å². The number of rotatable bonds is 9. The topological polar surface area (TPSA) is 78.1 Å². The SMILES string of the molecule is CCOc1ccc(OCC)c(NC(N)=NCCCOC)c1.I. The number of benzene rings is 1. The highest BCUT2D eigenvalue weighted by molar-refractivity contribution is 14.0. The Morgan fingerprint density at radius 3 is 2.59 bits per heavy atom. The Hall–Kier alpha value is -1.22. The van der Waals surface area contributed by atoms with Gasteiger partial charge in [-0.05, 0) is 32.4 Å². The Morgan fingerprint density at radius 1 is 1.23 bits per heavy atom. The molecule has 22 heavy (non-hydrogen) atoms. The van der Waals surface area contributed by atoms with Crippen LogP contribution in [0.5, 0.6) is 11.5 Å². The molecule has 0 radical (unpaired) electrons. The van der Waals surface area contributed by atoms with E-state index in [0.29, 0.717) is 32.3 Å². The van der Waals surface area contributed by atoms with Crippen molar-refractivity contribution in [1.29, 1.82) is 0 Å². The van der Waals surface area contributed by atoms with Crippen LogP contribution in [0, 0.1) is 0 Å². The monoisotopic (exact) mass is 423 g/mol. The van der Waals surface area contributed by atoms with Crippen LogP contribution in [0.4, 0.5) is 5.69 Å². The molecule has 0 amide bonds. The van der Waals surface area contributed by atoms with Crippen molar-refractivity contribution in [1.82, 2.24) is 0 Å². The van der Waals surface area contributed by atoms with Crippen molar-refractivity contribution in [3.8, 4) is 11.5 Å². The number of guanidine groups is 1. The normalized spacial score (nSPS) is 10.8. The van der Waals surface area contributed by atoms with Gasteiger partial charge in [0.15, 0.2) is 5.96 Å². The average molecular weight is 423 g/mol. The van der Waals surface area contributed by atoms with Crippen LogP contribution < -0.4 is 20.5 Å². The van der Waals surface area contributed by atoms with Crippen LogP contribution in [0.2, 0.25) is 0 Å². The molecule has 0 bridgehead atoms. The molecule has 126 valence electrons. The molecular weight excluding hydrogens is 397 g/mol. The van der Waals surface area contributed by atoms with E-state index in [-0.39, 0.29) is 24.0 Å². The van der Waals surface area contributed by atoms with E-state index in [0.717, 1.165) is 23.6 Å². The van der Waals surface area contributed by atoms with Crippen molar-refractivity contribution in [2.24, 2.45) is 10.7 Å². The van der Waals surface area contributed by atoms with Crippen LogP contribution in [0.15, 0.2) is 23.2 Å². The summed E-state index contributed by atoms with van der Waals surface area (Å²) in [7, 11) is 1.67. The van der Waals surface area contributed by atoms with E-state index < -0.39 is 0 Å². The van der Waals surface area contributed by atoms with Gasteiger partial charge in [0, 0.05) is 26.3 Å². The number of halogens is 1. The van der Waals surface area contributed by atoms with Crippen molar-refractivity contribution in [2.45, 2.75) is 20.3 Å². The van der Waals surface area contributed by atoms with Gasteiger partial charge in [0.05, 0.1) is 18.9 Å². The molecule has 1 aromatic rings. The maximum atomic E-state index is 5.88. The highest BCUT2D eigenvalue weighted by Gasteiger charge is 2.07. The minimum Gasteiger partial charge on any atom is -0.494 e. The average Bonchev–Trinajstić information content (AvgIpc) is 2.47. The van der Waals surface area contributed by atoms with Crippen LogP contribution >= 0.6 is 24.0 Å². The predicted molar refractivity (Wildman–Crippen MR) is 101 cm³/mol. The van der Waals surface area contributed by atoms with Crippen molar-refractivity contribution in [3.05, 3.63) is 18.2 Å². The molecule has 0 saturated carbocycles. The van der Waals surface area contributed by atoms with E-state index in [1.54, 1.807) is 7.11 Å². The molecule has 0 aliphatic carbocycles. The standard InChI is InChI=1S/C15H25N3O3.HI/c1-4-20-12-7-8-14(21-5-2)13(11-12)18-15(16)17-9-6-10-19-3;/h7-8,11H,4-6,9-10H2,1-3H3,(H3,16,17,18);1H. The molecule has 0 aliphatic heterocycles. The molecule has 0 atom stereocenters. The fourth-order valence-electron chi connectivity index (χ4n) is 1.73. The number of nitrogens with two attached hydrogens (primary N) is 1. The molecule has 0 aromatic heterocycles. The largest absolute Gasteiger partial charge is 0.494 e. The summed E-state index contributed by atoms with van der Waals surface area (Å²) in [6.45, 7) is 6.34. The van der Waals surface area contributed by atoms with Gasteiger partial charge in [-0.1, -0.05) is 0 Å². The van der Waals surface area contributed by atoms with Gasteiger partial charge in [0.1, 0.15) is 11.5 Å². The van der Waals surface area contributed by atoms with E-state index in [1.165, 1.54) is 0 Å². The molecule has 6 nitrogen and oxygen atoms in total. The third-order valence-corrected chi connectivity index (χ3v) is 2.61. The third kappa shape index (κ3) is 7.69. The zero-order valence-corrected chi connectivity index (χ0v) is 15.8. The third-order valence-electron chi connectivity index (χ3n) is 2.61. The van der Waals surface area contributed by atoms with Crippen molar-refractivity contribution in [3.63, 3.8) is 0 Å². The van der Waals surface area contributed by atoms with Gasteiger partial charge in [0.25, 0.3) is 0 Å². The Morgan fingerprint density at radius 2 is 1.95 bits per heavy atom. The van der Waals surface area contributed by atoms with Crippen LogP contribution in [-0.2, 0) is 4.74 Å². The number of aliphatic imine (C=N–C) groups is 1. The summed E-state index contributed by atoms with van der Waals surface area (Å²) in [6, 6.07) is 5.58. The molecule has 0 fully saturated rings. The molecule has 0 unspecified atom stereocenters. The lowest BCUT2D eigenvalue weighted by molar-refractivity contribution is 0.197. The first-order valence-electron chi connectivity index (χ1n) is 7.16. The summed E-state index contributed by atoms with van der Waals surface area (Å²) in [5, 5.41) is 3.05. The summed E-state index contributed by atoms with van der Waals surface area (Å²) in [5.74, 6) is 1.83. The van der Waals surface area contributed by atoms with Gasteiger partial charge in [0.2, 0.25) is 0 Å². The van der Waals surface area contributed by atoms with Gasteiger partial charge >= 0.3 is 0 Å². The van der Waals surface area contributed by atoms with Gasteiger partial charge in [-0.15, -0.1) is 24.0 Å². The minimum absolute atomic E-state index is 0. The van der Waals surface area contributed by atoms with Crippen molar-refractivity contribution < 1.29 is 14.2 Å². The molecule has 0 heterocycles. The van der Waals surface area contributed by atoms with Gasteiger partial charge in [-0.25, -0.2) is 0 Å². The van der Waals surface area contributed by atoms with Gasteiger partial charge in [-0.2, -0.15) is 0 Å². The van der Waals surface area contributed by atoms with Crippen LogP contribution in [-0.4, -0.2) is 39.4 Å². The van der Waals surface area contributed by atoms with E-state index in [4.69, 9.17) is 19.9 Å². The summed E-state index contributed by atoms with van der Waals surface area (Å²) < 4.78 is 16.0. The number of methoxy groups -OCH3 is 1. The lowest BCUT2D eigenvalue weighted by Gasteiger charge is -2.13. The first-order valence-corrected chi connectivity index (χ1v) is 7.16. The zero-order chi connectivity index (χ0) is 15.5. The zero-order valence-electron chi connectivity index (χ0n) is 13.4. The highest BCUT2D eigenvalue weighted by atomic mass is 127. The van der Waals surface area contributed by atoms with Crippen LogP contribution in [0.1, 0.15) is 20.3 Å². The summed E-state index contributed by atoms with van der Waals surface area (Å²) in [5.41, 5.74) is 6.62. The second kappa shape index (κ2) is 12.3. The van der Waals surface area contributed by atoms with Crippen LogP contribution in [0.25, 0.3) is 0 Å². The number of hydrogen-bond acceptors (Lipinski definition) is 4. The Balaban J connectivity index is 0.00000441. The van der Waals surface area contributed by atoms with Crippen molar-refractivity contribution in [2.75, 3.05) is 38.8 Å². The lowest BCUT2D eigenvalue weighted by atomic mass is 10.2. The number of nitrogens with zero attached hydrogens (tertiary/aromatic N) is 1. The molecule has 1 rings (SSSR count). The summed E-state index contributed by atoms with van der Waals surface area (Å²) in [6.07, 6.45) is 0.830. The molecule has 7 heteroatoms. The first-order chi connectivity index (χ1) is 10.2. The summed E-state index contributed by atoms with van der Waals surface area (Å²) >= 11 is 0. The maximum Gasteiger partial charge on any atom is 0.193 e. The van der Waals surface area contributed by atoms with E-state index >= 15 is 0 Å². The summed E-state index contributed by atoms with van der Waals surface area (Å²) in [4.78, 5) is 4.24. The molecule has 0 spiro atoms. The number of anilines is 1. The molecule has 0 aliphatic rings. The lowest BCUT2D eigenvalue weighted by Crippen LogP contribution is -2.23. The van der Waals surface area contributed by atoms with Crippen LogP contribution in [0.3, 0.4) is 0 Å². The van der Waals surface area contributed by atoms with E-state index in [9.17, 15) is 0 Å². The van der Waals surface area contributed by atoms with Gasteiger partial charge in [-0.3, -0.25) is 4.99 Å². The van der Waals surface area contributed by atoms with Crippen molar-refractivity contribution >= 4 is 35.6 Å². The Bertz CT molecular complexity index is 456. The molecular formula is C15H26IN3O3. The molecule has 1 aromatic carbocycles. The number of ether oxygens (including phenoxy) is 3. The number of nitrogens with one attached hydrogen (secondary N) is 1. The highest BCUT2D eigenvalue weighted by Crippen LogP contribution is 2.29. The Labute approximate surface area is 149 Å². The Kier molecular flexibility index (Phi) is 11.7. The molecule has 0 saturated heterocycles. The quantitative estimate of drug-likeness (QED) is 0.277. The smallest absolute Gasteiger partial charge is 0.193 e. The fraction of sp³-hybridized carbons (Fsp3) is 0.533. The first kappa shape index (κ1) is 20.8. The molecule has 3 N–H and O–H groups in total.